The second-order valence-corrected chi connectivity index (χ2v) is 13.4. The highest BCUT2D eigenvalue weighted by Gasteiger charge is 2.17. The third-order valence-corrected chi connectivity index (χ3v) is 10.3. The molecule has 0 bridgehead atoms. The Morgan fingerprint density at radius 3 is 2.04 bits per heavy atom. The van der Waals surface area contributed by atoms with Gasteiger partial charge in [-0.3, -0.25) is 5.41 Å². The van der Waals surface area contributed by atoms with Crippen molar-refractivity contribution >= 4 is 49.3 Å². The second-order valence-electron chi connectivity index (χ2n) is 13.4. The van der Waals surface area contributed by atoms with Crippen LogP contribution >= 0.6 is 0 Å². The highest BCUT2D eigenvalue weighted by atomic mass is 15.0. The van der Waals surface area contributed by atoms with Crippen LogP contribution in [0.25, 0.3) is 77.1 Å². The number of nitrogens with zero attached hydrogens (tertiary/aromatic N) is 3. The average Bonchev–Trinajstić information content (AvgIpc) is 3.81. The van der Waals surface area contributed by atoms with E-state index in [4.69, 9.17) is 10.4 Å². The molecule has 7 aromatic carbocycles. The number of rotatable bonds is 5. The summed E-state index contributed by atoms with van der Waals surface area (Å²) in [6.07, 6.45) is 4.02. The maximum Gasteiger partial charge on any atom is 0.154 e. The van der Waals surface area contributed by atoms with Crippen LogP contribution in [0.15, 0.2) is 193 Å². The predicted octanol–water partition coefficient (Wildman–Crippen LogP) is 11.5. The van der Waals surface area contributed by atoms with Gasteiger partial charge in [-0.05, 0) is 106 Å². The number of H-pyrrole nitrogens is 1. The Morgan fingerprint density at radius 1 is 0.509 bits per heavy atom. The Labute approximate surface area is 305 Å². The maximum atomic E-state index is 9.07. The largest absolute Gasteiger partial charge is 0.346 e. The zero-order valence-corrected chi connectivity index (χ0v) is 28.7. The molecular formula is C48H33N5. The van der Waals surface area contributed by atoms with Crippen molar-refractivity contribution in [2.24, 2.45) is 4.99 Å². The molecule has 0 saturated heterocycles. The van der Waals surface area contributed by atoms with Crippen LogP contribution in [0.5, 0.6) is 0 Å². The molecule has 250 valence electrons. The number of hydrogen-bond donors (Lipinski definition) is 2. The highest BCUT2D eigenvalue weighted by Crippen LogP contribution is 2.37. The summed E-state index contributed by atoms with van der Waals surface area (Å²) in [6.45, 7) is 0. The summed E-state index contributed by atoms with van der Waals surface area (Å²) in [7, 11) is 0. The van der Waals surface area contributed by atoms with E-state index in [0.29, 0.717) is 5.49 Å². The molecule has 0 fully saturated rings. The van der Waals surface area contributed by atoms with Gasteiger partial charge in [0, 0.05) is 51.1 Å². The fraction of sp³-hybridized carbons (Fsp3) is 0. The van der Waals surface area contributed by atoms with Crippen molar-refractivity contribution < 1.29 is 0 Å². The van der Waals surface area contributed by atoms with Gasteiger partial charge >= 0.3 is 0 Å². The van der Waals surface area contributed by atoms with Crippen molar-refractivity contribution in [1.82, 2.24) is 14.1 Å². The first-order chi connectivity index (χ1) is 26.2. The van der Waals surface area contributed by atoms with Gasteiger partial charge in [0.25, 0.3) is 0 Å². The number of nitrogens with one attached hydrogen (secondary N) is 2. The molecule has 0 spiro atoms. The first kappa shape index (κ1) is 30.6. The normalized spacial score (nSPS) is 12.0. The summed E-state index contributed by atoms with van der Waals surface area (Å²) in [5, 5.41) is 15.0. The zero-order chi connectivity index (χ0) is 35.3. The van der Waals surface area contributed by atoms with E-state index in [1.165, 1.54) is 38.2 Å². The van der Waals surface area contributed by atoms with Gasteiger partial charge in [0.05, 0.1) is 16.6 Å². The summed E-state index contributed by atoms with van der Waals surface area (Å²) in [5.41, 5.74) is 11.4. The first-order valence-corrected chi connectivity index (χ1v) is 17.8. The molecule has 10 aromatic rings. The second kappa shape index (κ2) is 12.5. The van der Waals surface area contributed by atoms with Crippen LogP contribution in [-0.4, -0.2) is 20.0 Å². The van der Waals surface area contributed by atoms with Crippen LogP contribution in [0, 0.1) is 5.41 Å². The van der Waals surface area contributed by atoms with Crippen LogP contribution < -0.4 is 5.49 Å². The monoisotopic (exact) mass is 679 g/mol. The van der Waals surface area contributed by atoms with Gasteiger partial charge in [-0.15, -0.1) is 0 Å². The van der Waals surface area contributed by atoms with Gasteiger partial charge in [-0.1, -0.05) is 97.1 Å². The van der Waals surface area contributed by atoms with Gasteiger partial charge in [0.15, 0.2) is 5.84 Å². The van der Waals surface area contributed by atoms with Crippen molar-refractivity contribution in [3.8, 4) is 33.6 Å². The van der Waals surface area contributed by atoms with E-state index >= 15 is 0 Å². The highest BCUT2D eigenvalue weighted by molar-refractivity contribution is 6.18. The van der Waals surface area contributed by atoms with Crippen LogP contribution in [-0.2, 0) is 0 Å². The summed E-state index contributed by atoms with van der Waals surface area (Å²) in [4.78, 5) is 8.13. The number of aromatic nitrogens is 3. The zero-order valence-electron chi connectivity index (χ0n) is 28.7. The minimum atomic E-state index is 0.193. The molecular weight excluding hydrogens is 647 g/mol. The van der Waals surface area contributed by atoms with Gasteiger partial charge in [-0.2, -0.15) is 0 Å². The van der Waals surface area contributed by atoms with Crippen LogP contribution in [0.3, 0.4) is 0 Å². The molecule has 2 N–H and O–H groups in total. The Kier molecular flexibility index (Phi) is 7.22. The molecule has 0 aliphatic rings. The Bertz CT molecular complexity index is 3060. The molecule has 3 aromatic heterocycles. The van der Waals surface area contributed by atoms with Gasteiger partial charge in [0.1, 0.15) is 5.49 Å². The lowest BCUT2D eigenvalue weighted by Gasteiger charge is -2.11. The Morgan fingerprint density at radius 2 is 1.23 bits per heavy atom. The molecule has 0 unspecified atom stereocenters. The van der Waals surface area contributed by atoms with Crippen molar-refractivity contribution in [2.75, 3.05) is 0 Å². The van der Waals surface area contributed by atoms with Gasteiger partial charge in [-0.25, -0.2) is 4.99 Å². The van der Waals surface area contributed by atoms with Crippen LogP contribution in [0.1, 0.15) is 5.56 Å². The van der Waals surface area contributed by atoms with E-state index < -0.39 is 0 Å². The number of amidine groups is 1. The Balaban J connectivity index is 1.01. The fourth-order valence-corrected chi connectivity index (χ4v) is 7.68. The molecule has 5 heteroatoms. The number of fused-ring (bicyclic) bond motifs is 6. The molecule has 0 radical (unpaired) electrons. The van der Waals surface area contributed by atoms with E-state index in [9.17, 15) is 0 Å². The molecule has 0 saturated carbocycles. The van der Waals surface area contributed by atoms with Crippen LogP contribution in [0.2, 0.25) is 0 Å². The third kappa shape index (κ3) is 5.26. The summed E-state index contributed by atoms with van der Waals surface area (Å²) in [6, 6.07) is 61.5. The summed E-state index contributed by atoms with van der Waals surface area (Å²) >= 11 is 0. The topological polar surface area (TPSA) is 61.9 Å². The number of pyridine rings is 1. The lowest BCUT2D eigenvalue weighted by atomic mass is 9.98. The lowest BCUT2D eigenvalue weighted by molar-refractivity contribution is 1.13. The van der Waals surface area contributed by atoms with E-state index in [0.717, 1.165) is 44.5 Å². The van der Waals surface area contributed by atoms with Gasteiger partial charge in [0.2, 0.25) is 0 Å². The van der Waals surface area contributed by atoms with E-state index in [1.54, 1.807) is 0 Å². The molecule has 0 aliphatic carbocycles. The number of benzene rings is 7. The molecule has 53 heavy (non-hydrogen) atoms. The minimum absolute atomic E-state index is 0.193. The maximum absolute atomic E-state index is 9.07. The number of hydrogen-bond acceptors (Lipinski definition) is 1. The minimum Gasteiger partial charge on any atom is -0.346 e. The van der Waals surface area contributed by atoms with Crippen LogP contribution in [0.4, 0.5) is 0 Å². The molecule has 10 rings (SSSR count). The predicted molar refractivity (Wildman–Crippen MR) is 219 cm³/mol. The van der Waals surface area contributed by atoms with Gasteiger partial charge < -0.3 is 14.1 Å². The van der Waals surface area contributed by atoms with E-state index in [2.05, 4.69) is 166 Å². The molecule has 3 heterocycles. The van der Waals surface area contributed by atoms with E-state index in [-0.39, 0.29) is 5.84 Å². The summed E-state index contributed by atoms with van der Waals surface area (Å²) in [5.74, 6) is 0.193. The standard InChI is InChI=1S/C48H33N5/c49-47(51-48-40(15-9-28-50-48)37-20-19-35-30-34(17-18-36(35)31-37)32-10-3-1-4-11-32)33-21-23-39(24-22-33)53-45-16-8-7-14-41(45)42-25-26-44-43(46(42)53)27-29-52(44)38-12-5-2-6-13-38/h1-31H,(H2,49,50,51). The third-order valence-electron chi connectivity index (χ3n) is 10.3. The lowest BCUT2D eigenvalue weighted by Crippen LogP contribution is -2.14. The summed E-state index contributed by atoms with van der Waals surface area (Å²) < 4.78 is 4.59. The van der Waals surface area contributed by atoms with Crippen molar-refractivity contribution in [3.63, 3.8) is 0 Å². The molecule has 0 aliphatic heterocycles. The van der Waals surface area contributed by atoms with Crippen molar-refractivity contribution in [2.45, 2.75) is 0 Å². The van der Waals surface area contributed by atoms with Crippen molar-refractivity contribution in [1.29, 1.82) is 5.41 Å². The fourth-order valence-electron chi connectivity index (χ4n) is 7.68. The quantitative estimate of drug-likeness (QED) is 0.134. The number of aromatic amines is 1. The SMILES string of the molecule is N=C(N=c1[nH]cccc1-c1ccc2cc(-c3ccccc3)ccc2c1)c1ccc(-n2c3ccccc3c3ccc4c(ccn4-c4ccccc4)c32)cc1. The first-order valence-electron chi connectivity index (χ1n) is 17.8. The molecule has 0 amide bonds. The smallest absolute Gasteiger partial charge is 0.154 e. The van der Waals surface area contributed by atoms with E-state index in [1.807, 2.05) is 36.5 Å². The van der Waals surface area contributed by atoms with Crippen molar-refractivity contribution in [3.05, 3.63) is 199 Å². The average molecular weight is 680 g/mol. The molecule has 5 nitrogen and oxygen atoms in total. The number of para-hydroxylation sites is 2. The molecule has 0 atom stereocenters. The Hall–Kier alpha value is -7.24.